The van der Waals surface area contributed by atoms with E-state index in [0.717, 1.165) is 36.4 Å². The second kappa shape index (κ2) is 11.2. The summed E-state index contributed by atoms with van der Waals surface area (Å²) in [6.07, 6.45) is 4.36. The van der Waals surface area contributed by atoms with Crippen LogP contribution in [0, 0.1) is 0 Å². The Morgan fingerprint density at radius 1 is 1.34 bits per heavy atom. The van der Waals surface area contributed by atoms with Crippen LogP contribution >= 0.6 is 13.5 Å². The maximum absolute atomic E-state index is 11.7. The van der Waals surface area contributed by atoms with Crippen molar-refractivity contribution in [2.24, 2.45) is 5.73 Å². The minimum absolute atomic E-state index is 0. The third-order valence-corrected chi connectivity index (χ3v) is 5.00. The van der Waals surface area contributed by atoms with Crippen LogP contribution in [0.2, 0.25) is 0 Å². The predicted molar refractivity (Wildman–Crippen MR) is 128 cm³/mol. The molecule has 1 aromatic heterocycles. The Hall–Kier alpha value is -2.76. The molecule has 0 spiro atoms. The number of nitrogens with zero attached hydrogens (tertiary/aromatic N) is 2. The molecule has 1 aromatic carbocycles. The molecule has 0 bridgehead atoms. The third kappa shape index (κ3) is 6.38. The molecular formula is C21H30N6O4S. The fourth-order valence-electron chi connectivity index (χ4n) is 3.18. The molecule has 5 N–H and O–H groups in total. The number of fused-ring (bicyclic) bond motifs is 1. The van der Waals surface area contributed by atoms with Crippen LogP contribution in [0.1, 0.15) is 29.6 Å². The maximum atomic E-state index is 11.7. The van der Waals surface area contributed by atoms with Gasteiger partial charge in [-0.25, -0.2) is 4.98 Å². The molecule has 32 heavy (non-hydrogen) atoms. The summed E-state index contributed by atoms with van der Waals surface area (Å²) in [7, 11) is 1.68. The normalized spacial score (nSPS) is 17.1. The molecule has 1 amide bonds. The van der Waals surface area contributed by atoms with Crippen molar-refractivity contribution in [3.05, 3.63) is 30.0 Å². The van der Waals surface area contributed by atoms with Crippen molar-refractivity contribution in [3.63, 3.8) is 0 Å². The number of nitrogens with one attached hydrogen (secondary N) is 3. The Morgan fingerprint density at radius 3 is 2.94 bits per heavy atom. The highest BCUT2D eigenvalue weighted by atomic mass is 32.1. The van der Waals surface area contributed by atoms with Crippen LogP contribution in [0.4, 0.5) is 23.1 Å². The van der Waals surface area contributed by atoms with Crippen molar-refractivity contribution in [1.29, 1.82) is 0 Å². The summed E-state index contributed by atoms with van der Waals surface area (Å²) in [5, 5.41) is 9.79. The molecule has 4 rings (SSSR count). The number of rotatable bonds is 10. The van der Waals surface area contributed by atoms with Crippen molar-refractivity contribution < 1.29 is 19.0 Å². The fraction of sp³-hybridized carbons (Fsp3) is 0.476. The fourth-order valence-corrected chi connectivity index (χ4v) is 3.18. The number of anilines is 4. The van der Waals surface area contributed by atoms with E-state index in [-0.39, 0.29) is 25.2 Å². The zero-order chi connectivity index (χ0) is 21.6. The number of benzene rings is 1. The number of hydrogen-bond acceptors (Lipinski definition) is 9. The van der Waals surface area contributed by atoms with Gasteiger partial charge in [-0.1, -0.05) is 0 Å². The monoisotopic (exact) mass is 462 g/mol. The Kier molecular flexibility index (Phi) is 8.37. The van der Waals surface area contributed by atoms with E-state index in [9.17, 15) is 4.79 Å². The van der Waals surface area contributed by atoms with Gasteiger partial charge in [-0.2, -0.15) is 18.5 Å². The van der Waals surface area contributed by atoms with Crippen molar-refractivity contribution in [2.75, 3.05) is 49.4 Å². The Morgan fingerprint density at radius 2 is 2.19 bits per heavy atom. The van der Waals surface area contributed by atoms with Crippen LogP contribution in [0.25, 0.3) is 0 Å². The summed E-state index contributed by atoms with van der Waals surface area (Å²) in [6, 6.07) is 6.04. The first-order valence-electron chi connectivity index (χ1n) is 10.4. The molecule has 0 unspecified atom stereocenters. The molecule has 10 nitrogen and oxygen atoms in total. The zero-order valence-corrected chi connectivity index (χ0v) is 19.0. The van der Waals surface area contributed by atoms with Gasteiger partial charge in [0.15, 0.2) is 0 Å². The molecule has 11 heteroatoms. The average Bonchev–Trinajstić information content (AvgIpc) is 3.59. The number of aromatic nitrogens is 2. The highest BCUT2D eigenvalue weighted by Gasteiger charge is 2.24. The molecule has 1 saturated carbocycles. The topological polar surface area (TPSA) is 133 Å². The number of amides is 1. The number of carbonyl (C=O) groups is 1. The number of methoxy groups -OCH3 is 1. The maximum Gasteiger partial charge on any atom is 0.254 e. The molecule has 1 fully saturated rings. The molecule has 0 saturated heterocycles. The van der Waals surface area contributed by atoms with E-state index in [0.29, 0.717) is 44.2 Å². The quantitative estimate of drug-likeness (QED) is 0.392. The summed E-state index contributed by atoms with van der Waals surface area (Å²) in [6.45, 7) is 2.43. The molecule has 2 aromatic rings. The summed E-state index contributed by atoms with van der Waals surface area (Å²) in [4.78, 5) is 20.3. The Balaban J connectivity index is 0.00000289. The van der Waals surface area contributed by atoms with Crippen LogP contribution in [0.5, 0.6) is 5.75 Å². The Bertz CT molecular complexity index is 927. The van der Waals surface area contributed by atoms with Crippen molar-refractivity contribution >= 4 is 42.5 Å². The standard InChI is InChI=1S/C21H28N6O4.H2S/c1-29-7-2-8-30-15-10-23-17-9-14(5-6-18(17)31-12-15)26-21-24-11-16(19(22)28)20(27-21)25-13-3-4-13;/h5-6,9,11,13,15,23H,2-4,7-8,10,12H2,1H3,(H2,22,28)(H2,24,25,26,27);1H2/t15-;/m0./s1. The van der Waals surface area contributed by atoms with Gasteiger partial charge in [-0.05, 0) is 37.5 Å². The van der Waals surface area contributed by atoms with E-state index in [1.54, 1.807) is 7.11 Å². The van der Waals surface area contributed by atoms with Gasteiger partial charge in [0, 0.05) is 44.8 Å². The lowest BCUT2D eigenvalue weighted by Gasteiger charge is -2.14. The molecular weight excluding hydrogens is 432 g/mol. The summed E-state index contributed by atoms with van der Waals surface area (Å²) in [5.74, 6) is 1.04. The molecule has 1 aliphatic heterocycles. The zero-order valence-electron chi connectivity index (χ0n) is 18.0. The van der Waals surface area contributed by atoms with Gasteiger partial charge < -0.3 is 35.9 Å². The first-order valence-corrected chi connectivity index (χ1v) is 10.4. The SMILES string of the molecule is COCCCO[C@H]1CNc2cc(Nc3ncc(C(N)=O)c(NC4CC4)n3)ccc2OC1.S. The van der Waals surface area contributed by atoms with E-state index < -0.39 is 5.91 Å². The van der Waals surface area contributed by atoms with Crippen LogP contribution in [-0.2, 0) is 9.47 Å². The van der Waals surface area contributed by atoms with Gasteiger partial charge >= 0.3 is 0 Å². The van der Waals surface area contributed by atoms with Crippen molar-refractivity contribution in [1.82, 2.24) is 9.97 Å². The molecule has 2 heterocycles. The van der Waals surface area contributed by atoms with Gasteiger partial charge in [-0.15, -0.1) is 0 Å². The lowest BCUT2D eigenvalue weighted by molar-refractivity contribution is 0.0214. The summed E-state index contributed by atoms with van der Waals surface area (Å²) in [5.41, 5.74) is 7.38. The number of primary amides is 1. The van der Waals surface area contributed by atoms with Gasteiger partial charge in [0.05, 0.1) is 11.3 Å². The number of nitrogens with two attached hydrogens (primary N) is 1. The smallest absolute Gasteiger partial charge is 0.254 e. The lowest BCUT2D eigenvalue weighted by Crippen LogP contribution is -2.28. The highest BCUT2D eigenvalue weighted by molar-refractivity contribution is 7.59. The minimum atomic E-state index is -0.555. The van der Waals surface area contributed by atoms with Crippen LogP contribution in [-0.4, -0.2) is 61.5 Å². The van der Waals surface area contributed by atoms with E-state index in [1.165, 1.54) is 6.20 Å². The van der Waals surface area contributed by atoms with Crippen LogP contribution in [0.3, 0.4) is 0 Å². The number of hydrogen-bond donors (Lipinski definition) is 4. The van der Waals surface area contributed by atoms with E-state index in [4.69, 9.17) is 19.9 Å². The number of carbonyl (C=O) groups excluding carboxylic acids is 1. The van der Waals surface area contributed by atoms with E-state index in [2.05, 4.69) is 25.9 Å². The van der Waals surface area contributed by atoms with Gasteiger partial charge in [0.2, 0.25) is 5.95 Å². The molecule has 1 atom stereocenters. The minimum Gasteiger partial charge on any atom is -0.489 e. The Labute approximate surface area is 194 Å². The largest absolute Gasteiger partial charge is 0.489 e. The van der Waals surface area contributed by atoms with Crippen LogP contribution in [0.15, 0.2) is 24.4 Å². The molecule has 0 radical (unpaired) electrons. The van der Waals surface area contributed by atoms with Gasteiger partial charge in [0.1, 0.15) is 24.3 Å². The first kappa shape index (κ1) is 23.9. The predicted octanol–water partition coefficient (Wildman–Crippen LogP) is 2.23. The first-order chi connectivity index (χ1) is 15.1. The second-order valence-corrected chi connectivity index (χ2v) is 7.61. The number of ether oxygens (including phenoxy) is 3. The lowest BCUT2D eigenvalue weighted by atomic mass is 10.2. The summed E-state index contributed by atoms with van der Waals surface area (Å²) >= 11 is 0. The average molecular weight is 463 g/mol. The molecule has 174 valence electrons. The van der Waals surface area contributed by atoms with Crippen LogP contribution < -0.4 is 26.4 Å². The van der Waals surface area contributed by atoms with E-state index >= 15 is 0 Å². The third-order valence-electron chi connectivity index (χ3n) is 5.00. The molecule has 2 aliphatic rings. The van der Waals surface area contributed by atoms with Gasteiger partial charge in [-0.3, -0.25) is 4.79 Å². The van der Waals surface area contributed by atoms with Gasteiger partial charge in [0.25, 0.3) is 5.91 Å². The highest BCUT2D eigenvalue weighted by Crippen LogP contribution is 2.31. The summed E-state index contributed by atoms with van der Waals surface area (Å²) < 4.78 is 16.8. The van der Waals surface area contributed by atoms with E-state index in [1.807, 2.05) is 18.2 Å². The van der Waals surface area contributed by atoms with Crippen molar-refractivity contribution in [3.8, 4) is 5.75 Å². The van der Waals surface area contributed by atoms with Crippen molar-refractivity contribution in [2.45, 2.75) is 31.4 Å². The second-order valence-electron chi connectivity index (χ2n) is 7.61. The molecule has 1 aliphatic carbocycles.